The first kappa shape index (κ1) is 16.1. The Morgan fingerprint density at radius 3 is 2.75 bits per heavy atom. The van der Waals surface area contributed by atoms with Gasteiger partial charge < -0.3 is 21.2 Å². The molecule has 0 unspecified atom stereocenters. The van der Waals surface area contributed by atoms with Gasteiger partial charge in [-0.3, -0.25) is 0 Å². The molecule has 0 saturated heterocycles. The molecule has 0 atom stereocenters. The van der Waals surface area contributed by atoms with Gasteiger partial charge in [-0.2, -0.15) is 0 Å². The van der Waals surface area contributed by atoms with Crippen LogP contribution in [0, 0.1) is 0 Å². The van der Waals surface area contributed by atoms with Gasteiger partial charge in [-0.1, -0.05) is 35.3 Å². The summed E-state index contributed by atoms with van der Waals surface area (Å²) in [7, 11) is 0. The van der Waals surface area contributed by atoms with Crippen molar-refractivity contribution in [3.63, 3.8) is 0 Å². The van der Waals surface area contributed by atoms with Crippen molar-refractivity contribution < 1.29 is 9.53 Å². The van der Waals surface area contributed by atoms with E-state index in [4.69, 9.17) is 39.4 Å². The van der Waals surface area contributed by atoms with Gasteiger partial charge in [0.05, 0.1) is 27.1 Å². The first-order valence-electron chi connectivity index (χ1n) is 6.69. The quantitative estimate of drug-likeness (QED) is 0.657. The van der Waals surface area contributed by atoms with E-state index in [0.29, 0.717) is 32.7 Å². The third kappa shape index (κ3) is 3.12. The van der Waals surface area contributed by atoms with Crippen LogP contribution in [0.1, 0.15) is 0 Å². The van der Waals surface area contributed by atoms with Crippen LogP contribution in [0.5, 0.6) is 5.75 Å². The average Bonchev–Trinajstić information content (AvgIpc) is 2.93. The molecule has 0 aliphatic carbocycles. The van der Waals surface area contributed by atoms with Crippen molar-refractivity contribution in [3.8, 4) is 28.4 Å². The monoisotopic (exact) mass is 363 g/mol. The van der Waals surface area contributed by atoms with Gasteiger partial charge in [0.1, 0.15) is 0 Å². The Kier molecular flexibility index (Phi) is 4.28. The van der Waals surface area contributed by atoms with Crippen molar-refractivity contribution >= 4 is 35.2 Å². The molecule has 9 heteroatoms. The van der Waals surface area contributed by atoms with Crippen LogP contribution in [0.4, 0.5) is 10.7 Å². The van der Waals surface area contributed by atoms with E-state index in [2.05, 4.69) is 15.0 Å². The van der Waals surface area contributed by atoms with Crippen molar-refractivity contribution in [2.45, 2.75) is 0 Å². The molecular weight excluding hydrogens is 353 g/mol. The Hall–Kier alpha value is -2.77. The number of carbonyl (C=O) groups excluding carboxylic acids is 1. The van der Waals surface area contributed by atoms with Crippen LogP contribution in [0.3, 0.4) is 0 Å². The van der Waals surface area contributed by atoms with Crippen molar-refractivity contribution in [2.24, 2.45) is 5.73 Å². The largest absolute Gasteiger partial charge is 0.410 e. The molecule has 0 aliphatic rings. The first-order chi connectivity index (χ1) is 11.5. The Balaban J connectivity index is 2.17. The van der Waals surface area contributed by atoms with Crippen molar-refractivity contribution in [2.75, 3.05) is 5.73 Å². The molecule has 122 valence electrons. The van der Waals surface area contributed by atoms with Gasteiger partial charge in [0.2, 0.25) is 5.95 Å². The number of nitrogen functional groups attached to an aromatic ring is 1. The fourth-order valence-corrected chi connectivity index (χ4v) is 2.58. The molecule has 0 spiro atoms. The van der Waals surface area contributed by atoms with Crippen LogP contribution in [-0.4, -0.2) is 21.0 Å². The minimum Gasteiger partial charge on any atom is -0.408 e. The minimum absolute atomic E-state index is 0.113. The number of anilines is 1. The number of nitrogens with zero attached hydrogens (tertiary/aromatic N) is 2. The minimum atomic E-state index is -0.956. The van der Waals surface area contributed by atoms with E-state index in [1.54, 1.807) is 30.3 Å². The predicted octanol–water partition coefficient (Wildman–Crippen LogP) is 3.49. The molecule has 3 rings (SSSR count). The van der Waals surface area contributed by atoms with Gasteiger partial charge in [-0.15, -0.1) is 0 Å². The summed E-state index contributed by atoms with van der Waals surface area (Å²) in [4.78, 5) is 22.2. The smallest absolute Gasteiger partial charge is 0.408 e. The van der Waals surface area contributed by atoms with Crippen LogP contribution in [0.2, 0.25) is 10.0 Å². The number of amides is 1. The highest BCUT2D eigenvalue weighted by molar-refractivity contribution is 6.43. The van der Waals surface area contributed by atoms with E-state index in [-0.39, 0.29) is 11.7 Å². The molecule has 7 nitrogen and oxygen atoms in total. The maximum absolute atomic E-state index is 11.2. The SMILES string of the molecule is NC(=O)Oc1cc(-c2ccnc(N)n2)[nH]c1-c1cccc(Cl)c1Cl. The number of nitrogens with one attached hydrogen (secondary N) is 1. The summed E-state index contributed by atoms with van der Waals surface area (Å²) in [6, 6.07) is 8.32. The van der Waals surface area contributed by atoms with Gasteiger partial charge in [-0.05, 0) is 12.1 Å². The lowest BCUT2D eigenvalue weighted by Gasteiger charge is -2.06. The summed E-state index contributed by atoms with van der Waals surface area (Å²) < 4.78 is 5.06. The zero-order valence-corrected chi connectivity index (χ0v) is 13.6. The number of rotatable bonds is 3. The van der Waals surface area contributed by atoms with E-state index in [1.165, 1.54) is 6.20 Å². The van der Waals surface area contributed by atoms with Crippen LogP contribution in [0.25, 0.3) is 22.6 Å². The Labute approximate surface area is 146 Å². The zero-order valence-electron chi connectivity index (χ0n) is 12.1. The first-order valence-corrected chi connectivity index (χ1v) is 7.45. The van der Waals surface area contributed by atoms with Crippen molar-refractivity contribution in [1.29, 1.82) is 0 Å². The third-order valence-corrected chi connectivity index (χ3v) is 3.98. The van der Waals surface area contributed by atoms with E-state index in [9.17, 15) is 4.79 Å². The van der Waals surface area contributed by atoms with Crippen molar-refractivity contribution in [3.05, 3.63) is 46.6 Å². The molecule has 0 saturated carbocycles. The number of hydrogen-bond acceptors (Lipinski definition) is 5. The molecule has 5 N–H and O–H groups in total. The lowest BCUT2D eigenvalue weighted by molar-refractivity contribution is 0.211. The van der Waals surface area contributed by atoms with E-state index in [0.717, 1.165) is 0 Å². The second-order valence-electron chi connectivity index (χ2n) is 4.74. The fourth-order valence-electron chi connectivity index (χ4n) is 2.18. The lowest BCUT2D eigenvalue weighted by Crippen LogP contribution is -2.16. The average molecular weight is 364 g/mol. The Bertz CT molecular complexity index is 926. The van der Waals surface area contributed by atoms with Gasteiger partial charge in [0, 0.05) is 17.8 Å². The Morgan fingerprint density at radius 2 is 2.04 bits per heavy atom. The number of nitrogens with two attached hydrogens (primary N) is 2. The number of carbonyl (C=O) groups is 1. The number of hydrogen-bond donors (Lipinski definition) is 3. The maximum atomic E-state index is 11.2. The highest BCUT2D eigenvalue weighted by Crippen LogP contribution is 2.39. The van der Waals surface area contributed by atoms with Gasteiger partial charge in [0.25, 0.3) is 0 Å². The zero-order chi connectivity index (χ0) is 17.3. The summed E-state index contributed by atoms with van der Waals surface area (Å²) in [5.41, 5.74) is 12.8. The van der Waals surface area contributed by atoms with E-state index in [1.807, 2.05) is 0 Å². The molecule has 1 aromatic carbocycles. The Morgan fingerprint density at radius 1 is 1.25 bits per heavy atom. The summed E-state index contributed by atoms with van der Waals surface area (Å²) in [6.45, 7) is 0. The number of primary amides is 1. The highest BCUT2D eigenvalue weighted by atomic mass is 35.5. The molecule has 3 aromatic rings. The molecule has 0 aliphatic heterocycles. The number of halogens is 2. The summed E-state index contributed by atoms with van der Waals surface area (Å²) in [5.74, 6) is 0.306. The van der Waals surface area contributed by atoms with E-state index >= 15 is 0 Å². The lowest BCUT2D eigenvalue weighted by atomic mass is 10.1. The highest BCUT2D eigenvalue weighted by Gasteiger charge is 2.18. The van der Waals surface area contributed by atoms with Gasteiger partial charge in [-0.25, -0.2) is 14.8 Å². The summed E-state index contributed by atoms with van der Waals surface area (Å²) >= 11 is 12.3. The summed E-state index contributed by atoms with van der Waals surface area (Å²) in [5, 5.41) is 0.672. The molecule has 2 aromatic heterocycles. The molecule has 0 radical (unpaired) electrons. The van der Waals surface area contributed by atoms with E-state index < -0.39 is 6.09 Å². The predicted molar refractivity (Wildman–Crippen MR) is 91.9 cm³/mol. The van der Waals surface area contributed by atoms with Crippen LogP contribution in [-0.2, 0) is 0 Å². The summed E-state index contributed by atoms with van der Waals surface area (Å²) in [6.07, 6.45) is 0.557. The number of aromatic nitrogens is 3. The molecule has 24 heavy (non-hydrogen) atoms. The topological polar surface area (TPSA) is 120 Å². The molecule has 0 fully saturated rings. The third-order valence-electron chi connectivity index (χ3n) is 3.16. The fraction of sp³-hybridized carbons (Fsp3) is 0. The number of benzene rings is 1. The molecule has 0 bridgehead atoms. The standard InChI is InChI=1S/C15H11Cl2N5O2/c16-8-3-1-2-7(12(8)17)13-11(24-15(19)23)6-10(21-13)9-4-5-20-14(18)22-9/h1-6,21H,(H2,19,23)(H2,18,20,22). The van der Waals surface area contributed by atoms with Gasteiger partial charge in [0.15, 0.2) is 5.75 Å². The number of aromatic amines is 1. The van der Waals surface area contributed by atoms with Crippen LogP contribution >= 0.6 is 23.2 Å². The number of ether oxygens (including phenoxy) is 1. The molecule has 2 heterocycles. The normalized spacial score (nSPS) is 10.6. The second kappa shape index (κ2) is 6.38. The maximum Gasteiger partial charge on any atom is 0.410 e. The number of H-pyrrole nitrogens is 1. The van der Waals surface area contributed by atoms with Crippen LogP contribution < -0.4 is 16.2 Å². The molecular formula is C15H11Cl2N5O2. The van der Waals surface area contributed by atoms with Gasteiger partial charge >= 0.3 is 6.09 Å². The second-order valence-corrected chi connectivity index (χ2v) is 5.53. The van der Waals surface area contributed by atoms with Crippen molar-refractivity contribution in [1.82, 2.24) is 15.0 Å². The molecule has 1 amide bonds. The van der Waals surface area contributed by atoms with Crippen LogP contribution in [0.15, 0.2) is 36.5 Å².